The van der Waals surface area contributed by atoms with Crippen LogP contribution in [-0.4, -0.2) is 38.0 Å². The molecule has 1 atom stereocenters. The lowest BCUT2D eigenvalue weighted by Crippen LogP contribution is -2.33. The number of carbonyl (C=O) groups is 1. The van der Waals surface area contributed by atoms with Crippen molar-refractivity contribution in [1.82, 2.24) is 4.90 Å². The van der Waals surface area contributed by atoms with Crippen molar-refractivity contribution in [2.24, 2.45) is 0 Å². The second-order valence-corrected chi connectivity index (χ2v) is 4.72. The molecule has 0 aliphatic carbocycles. The molecule has 0 saturated carbocycles. The third-order valence-corrected chi connectivity index (χ3v) is 3.36. The minimum Gasteiger partial charge on any atom is -0.378 e. The van der Waals surface area contributed by atoms with E-state index in [1.165, 1.54) is 0 Å². The van der Waals surface area contributed by atoms with Gasteiger partial charge in [0.05, 0.1) is 5.92 Å². The van der Waals surface area contributed by atoms with Crippen LogP contribution in [0.2, 0.25) is 0 Å². The fraction of sp³-hybridized carbons (Fsp3) is 0.533. The molecular weight excluding hydrogens is 224 g/mol. The van der Waals surface area contributed by atoms with Crippen molar-refractivity contribution in [2.75, 3.05) is 32.1 Å². The maximum Gasteiger partial charge on any atom is 0.229 e. The predicted octanol–water partition coefficient (Wildman–Crippen LogP) is 2.72. The second kappa shape index (κ2) is 6.43. The first-order chi connectivity index (χ1) is 8.51. The van der Waals surface area contributed by atoms with Crippen molar-refractivity contribution in [1.29, 1.82) is 0 Å². The predicted molar refractivity (Wildman–Crippen MR) is 77.1 cm³/mol. The van der Waals surface area contributed by atoms with Crippen LogP contribution in [0.25, 0.3) is 0 Å². The van der Waals surface area contributed by atoms with Crippen molar-refractivity contribution >= 4 is 11.6 Å². The SMILES string of the molecule is CCN(CC)C(=O)C(C)c1ccc(N(C)C)cc1. The number of amides is 1. The van der Waals surface area contributed by atoms with Crippen LogP contribution in [0, 0.1) is 0 Å². The number of hydrogen-bond acceptors (Lipinski definition) is 2. The first-order valence-electron chi connectivity index (χ1n) is 6.57. The summed E-state index contributed by atoms with van der Waals surface area (Å²) in [4.78, 5) is 16.2. The monoisotopic (exact) mass is 248 g/mol. The molecule has 0 aromatic heterocycles. The zero-order chi connectivity index (χ0) is 13.7. The van der Waals surface area contributed by atoms with Crippen molar-refractivity contribution in [3.8, 4) is 0 Å². The van der Waals surface area contributed by atoms with E-state index in [2.05, 4.69) is 17.0 Å². The molecule has 0 aliphatic rings. The number of likely N-dealkylation sites (N-methyl/N-ethyl adjacent to an activating group) is 1. The second-order valence-electron chi connectivity index (χ2n) is 4.72. The van der Waals surface area contributed by atoms with Gasteiger partial charge in [-0.2, -0.15) is 0 Å². The zero-order valence-corrected chi connectivity index (χ0v) is 12.1. The van der Waals surface area contributed by atoms with Crippen LogP contribution >= 0.6 is 0 Å². The summed E-state index contributed by atoms with van der Waals surface area (Å²) in [5, 5.41) is 0. The molecule has 1 rings (SSSR count). The summed E-state index contributed by atoms with van der Waals surface area (Å²) in [7, 11) is 4.03. The molecule has 1 aromatic carbocycles. The quantitative estimate of drug-likeness (QED) is 0.800. The number of carbonyl (C=O) groups excluding carboxylic acids is 1. The summed E-state index contributed by atoms with van der Waals surface area (Å²) in [5.74, 6) is 0.138. The molecule has 0 radical (unpaired) electrons. The lowest BCUT2D eigenvalue weighted by molar-refractivity contribution is -0.132. The molecule has 1 aromatic rings. The Labute approximate surface area is 110 Å². The van der Waals surface area contributed by atoms with Crippen molar-refractivity contribution in [3.05, 3.63) is 29.8 Å². The molecule has 0 heterocycles. The van der Waals surface area contributed by atoms with Gasteiger partial charge in [0.2, 0.25) is 5.91 Å². The average molecular weight is 248 g/mol. The Balaban J connectivity index is 2.83. The molecule has 0 N–H and O–H groups in total. The summed E-state index contributed by atoms with van der Waals surface area (Å²) in [6.07, 6.45) is 0. The van der Waals surface area contributed by atoms with Gasteiger partial charge in [0.15, 0.2) is 0 Å². The normalized spacial score (nSPS) is 12.1. The number of benzene rings is 1. The lowest BCUT2D eigenvalue weighted by atomic mass is 9.99. The van der Waals surface area contributed by atoms with Gasteiger partial charge < -0.3 is 9.80 Å². The van der Waals surface area contributed by atoms with Gasteiger partial charge in [-0.15, -0.1) is 0 Å². The highest BCUT2D eigenvalue weighted by atomic mass is 16.2. The van der Waals surface area contributed by atoms with Crippen LogP contribution in [-0.2, 0) is 4.79 Å². The van der Waals surface area contributed by atoms with E-state index in [-0.39, 0.29) is 11.8 Å². The van der Waals surface area contributed by atoms with Gasteiger partial charge in [-0.1, -0.05) is 12.1 Å². The Hall–Kier alpha value is -1.51. The number of nitrogens with zero attached hydrogens (tertiary/aromatic N) is 2. The highest BCUT2D eigenvalue weighted by molar-refractivity contribution is 5.83. The van der Waals surface area contributed by atoms with Crippen LogP contribution in [0.4, 0.5) is 5.69 Å². The molecule has 0 spiro atoms. The van der Waals surface area contributed by atoms with Gasteiger partial charge in [-0.05, 0) is 38.5 Å². The summed E-state index contributed by atoms with van der Waals surface area (Å²) >= 11 is 0. The lowest BCUT2D eigenvalue weighted by Gasteiger charge is -2.23. The van der Waals surface area contributed by atoms with E-state index in [0.717, 1.165) is 24.3 Å². The molecule has 0 saturated heterocycles. The molecule has 0 fully saturated rings. The average Bonchev–Trinajstić information content (AvgIpc) is 2.39. The van der Waals surface area contributed by atoms with E-state index in [0.29, 0.717) is 0 Å². The van der Waals surface area contributed by atoms with Gasteiger partial charge in [-0.3, -0.25) is 4.79 Å². The van der Waals surface area contributed by atoms with E-state index in [1.807, 2.05) is 51.9 Å². The Morgan fingerprint density at radius 3 is 2.00 bits per heavy atom. The first-order valence-corrected chi connectivity index (χ1v) is 6.57. The van der Waals surface area contributed by atoms with E-state index in [4.69, 9.17) is 0 Å². The summed E-state index contributed by atoms with van der Waals surface area (Å²) < 4.78 is 0. The molecule has 0 bridgehead atoms. The van der Waals surface area contributed by atoms with Crippen LogP contribution in [0.15, 0.2) is 24.3 Å². The van der Waals surface area contributed by atoms with Crippen molar-refractivity contribution < 1.29 is 4.79 Å². The zero-order valence-electron chi connectivity index (χ0n) is 12.1. The third kappa shape index (κ3) is 3.25. The highest BCUT2D eigenvalue weighted by Crippen LogP contribution is 2.21. The molecule has 3 heteroatoms. The van der Waals surface area contributed by atoms with Gasteiger partial charge in [-0.25, -0.2) is 0 Å². The maximum absolute atomic E-state index is 12.2. The maximum atomic E-state index is 12.2. The minimum atomic E-state index is -0.0684. The van der Waals surface area contributed by atoms with Crippen LogP contribution in [0.3, 0.4) is 0 Å². The molecule has 18 heavy (non-hydrogen) atoms. The summed E-state index contributed by atoms with van der Waals surface area (Å²) in [6.45, 7) is 7.56. The number of anilines is 1. The molecule has 1 unspecified atom stereocenters. The number of rotatable bonds is 5. The van der Waals surface area contributed by atoms with Crippen molar-refractivity contribution in [2.45, 2.75) is 26.7 Å². The van der Waals surface area contributed by atoms with E-state index >= 15 is 0 Å². The molecule has 100 valence electrons. The Kier molecular flexibility index (Phi) is 5.20. The fourth-order valence-corrected chi connectivity index (χ4v) is 2.01. The van der Waals surface area contributed by atoms with Gasteiger partial charge in [0, 0.05) is 32.9 Å². The van der Waals surface area contributed by atoms with Crippen LogP contribution in [0.5, 0.6) is 0 Å². The van der Waals surface area contributed by atoms with Gasteiger partial charge >= 0.3 is 0 Å². The number of hydrogen-bond donors (Lipinski definition) is 0. The smallest absolute Gasteiger partial charge is 0.229 e. The van der Waals surface area contributed by atoms with E-state index in [1.54, 1.807) is 0 Å². The Morgan fingerprint density at radius 2 is 1.61 bits per heavy atom. The van der Waals surface area contributed by atoms with Crippen LogP contribution in [0.1, 0.15) is 32.3 Å². The Bertz CT molecular complexity index is 380. The topological polar surface area (TPSA) is 23.6 Å². The Morgan fingerprint density at radius 1 is 1.11 bits per heavy atom. The van der Waals surface area contributed by atoms with Gasteiger partial charge in [0.1, 0.15) is 0 Å². The largest absolute Gasteiger partial charge is 0.378 e. The third-order valence-electron chi connectivity index (χ3n) is 3.36. The summed E-state index contributed by atoms with van der Waals surface area (Å²) in [6, 6.07) is 8.20. The van der Waals surface area contributed by atoms with Gasteiger partial charge in [0.25, 0.3) is 0 Å². The molecule has 1 amide bonds. The highest BCUT2D eigenvalue weighted by Gasteiger charge is 2.19. The molecule has 3 nitrogen and oxygen atoms in total. The van der Waals surface area contributed by atoms with E-state index < -0.39 is 0 Å². The molecule has 0 aliphatic heterocycles. The van der Waals surface area contributed by atoms with Crippen molar-refractivity contribution in [3.63, 3.8) is 0 Å². The standard InChI is InChI=1S/C15H24N2O/c1-6-17(7-2)15(18)12(3)13-8-10-14(11-9-13)16(4)5/h8-12H,6-7H2,1-5H3. The summed E-state index contributed by atoms with van der Waals surface area (Å²) in [5.41, 5.74) is 2.23. The molecular formula is C15H24N2O. The minimum absolute atomic E-state index is 0.0684. The van der Waals surface area contributed by atoms with E-state index in [9.17, 15) is 4.79 Å². The first kappa shape index (κ1) is 14.6. The fourth-order valence-electron chi connectivity index (χ4n) is 2.01. The van der Waals surface area contributed by atoms with Crippen LogP contribution < -0.4 is 4.90 Å².